The highest BCUT2D eigenvalue weighted by Crippen LogP contribution is 2.44. The maximum absolute atomic E-state index is 13.5. The summed E-state index contributed by atoms with van der Waals surface area (Å²) in [4.78, 5) is 13.5. The highest BCUT2D eigenvalue weighted by atomic mass is 16.5. The average molecular weight is 411 g/mol. The van der Waals surface area contributed by atoms with Crippen molar-refractivity contribution in [1.82, 2.24) is 0 Å². The van der Waals surface area contributed by atoms with Crippen molar-refractivity contribution >= 4 is 17.2 Å². The van der Waals surface area contributed by atoms with Gasteiger partial charge in [-0.1, -0.05) is 54.6 Å². The first-order valence-electron chi connectivity index (χ1n) is 10.9. The lowest BCUT2D eigenvalue weighted by molar-refractivity contribution is -0.116. The monoisotopic (exact) mass is 410 g/mol. The van der Waals surface area contributed by atoms with Crippen molar-refractivity contribution in [3.63, 3.8) is 0 Å². The van der Waals surface area contributed by atoms with Crippen LogP contribution in [0.3, 0.4) is 0 Å². The number of allylic oxidation sites excluding steroid dienone is 1. The molecule has 1 aliphatic heterocycles. The normalized spacial score (nSPS) is 20.1. The van der Waals surface area contributed by atoms with Gasteiger partial charge >= 0.3 is 0 Å². The summed E-state index contributed by atoms with van der Waals surface area (Å²) in [6, 6.07) is 26.4. The second-order valence-electron chi connectivity index (χ2n) is 8.08. The second-order valence-corrected chi connectivity index (χ2v) is 8.08. The minimum atomic E-state index is -0.203. The molecule has 2 atom stereocenters. The molecule has 5 rings (SSSR count). The van der Waals surface area contributed by atoms with Crippen molar-refractivity contribution in [3.05, 3.63) is 101 Å². The Morgan fingerprint density at radius 2 is 1.55 bits per heavy atom. The molecule has 0 saturated carbocycles. The molecule has 156 valence electrons. The van der Waals surface area contributed by atoms with Gasteiger partial charge in [0.15, 0.2) is 5.78 Å². The van der Waals surface area contributed by atoms with Crippen LogP contribution in [0.2, 0.25) is 0 Å². The van der Waals surface area contributed by atoms with E-state index in [1.54, 1.807) is 0 Å². The molecule has 4 nitrogen and oxygen atoms in total. The molecular formula is C27H26N2O2. The predicted molar refractivity (Wildman–Crippen MR) is 124 cm³/mol. The number of rotatable bonds is 4. The molecule has 3 aromatic rings. The van der Waals surface area contributed by atoms with Gasteiger partial charge in [0, 0.05) is 17.7 Å². The van der Waals surface area contributed by atoms with E-state index < -0.39 is 0 Å². The van der Waals surface area contributed by atoms with E-state index in [0.717, 1.165) is 40.4 Å². The summed E-state index contributed by atoms with van der Waals surface area (Å²) in [6.45, 7) is 2.61. The molecule has 0 saturated heterocycles. The summed E-state index contributed by atoms with van der Waals surface area (Å²) >= 11 is 0. The van der Waals surface area contributed by atoms with Gasteiger partial charge in [-0.25, -0.2) is 0 Å². The first-order valence-corrected chi connectivity index (χ1v) is 10.9. The number of hydrogen-bond donors (Lipinski definition) is 2. The summed E-state index contributed by atoms with van der Waals surface area (Å²) in [5, 5.41) is 7.22. The lowest BCUT2D eigenvalue weighted by Gasteiger charge is -2.30. The van der Waals surface area contributed by atoms with Crippen molar-refractivity contribution in [2.24, 2.45) is 0 Å². The van der Waals surface area contributed by atoms with Crippen LogP contribution in [0, 0.1) is 0 Å². The van der Waals surface area contributed by atoms with E-state index >= 15 is 0 Å². The number of benzene rings is 3. The van der Waals surface area contributed by atoms with Crippen molar-refractivity contribution in [2.75, 3.05) is 17.2 Å². The molecule has 0 fully saturated rings. The first-order chi connectivity index (χ1) is 15.2. The number of para-hydroxylation sites is 2. The molecule has 0 spiro atoms. The summed E-state index contributed by atoms with van der Waals surface area (Å²) in [5.41, 5.74) is 6.13. The molecule has 4 heteroatoms. The Balaban J connectivity index is 1.57. The summed E-state index contributed by atoms with van der Waals surface area (Å²) in [5.74, 6) is 1.22. The molecule has 31 heavy (non-hydrogen) atoms. The van der Waals surface area contributed by atoms with E-state index in [0.29, 0.717) is 13.0 Å². The maximum Gasteiger partial charge on any atom is 0.163 e. The minimum Gasteiger partial charge on any atom is -0.494 e. The fourth-order valence-corrected chi connectivity index (χ4v) is 4.63. The number of Topliss-reactive ketones (excluding diaryl/α,β-unsaturated/α-hetero) is 1. The van der Waals surface area contributed by atoms with E-state index in [1.165, 1.54) is 5.56 Å². The summed E-state index contributed by atoms with van der Waals surface area (Å²) in [6.07, 6.45) is 1.34. The predicted octanol–water partition coefficient (Wildman–Crippen LogP) is 6.06. The SMILES string of the molecule is CCOc1ccc([C@H]2Nc3ccccc3NC3=C2C(=O)C[C@@H](c2ccccc2)C3)cc1. The maximum atomic E-state index is 13.5. The number of nitrogens with one attached hydrogen (secondary N) is 2. The van der Waals surface area contributed by atoms with Gasteiger partial charge < -0.3 is 15.4 Å². The van der Waals surface area contributed by atoms with Crippen LogP contribution in [0.15, 0.2) is 90.1 Å². The smallest absolute Gasteiger partial charge is 0.163 e. The Labute approximate surface area is 183 Å². The third kappa shape index (κ3) is 3.81. The molecule has 0 bridgehead atoms. The van der Waals surface area contributed by atoms with Gasteiger partial charge in [-0.3, -0.25) is 4.79 Å². The zero-order chi connectivity index (χ0) is 21.2. The Hall–Kier alpha value is -3.53. The summed E-state index contributed by atoms with van der Waals surface area (Å²) in [7, 11) is 0. The lowest BCUT2D eigenvalue weighted by Crippen LogP contribution is -2.26. The van der Waals surface area contributed by atoms with E-state index in [-0.39, 0.29) is 17.7 Å². The fraction of sp³-hybridized carbons (Fsp3) is 0.222. The van der Waals surface area contributed by atoms with Gasteiger partial charge in [0.25, 0.3) is 0 Å². The minimum absolute atomic E-state index is 0.186. The zero-order valence-corrected chi connectivity index (χ0v) is 17.6. The number of carbonyl (C=O) groups excluding carboxylic acids is 1. The third-order valence-corrected chi connectivity index (χ3v) is 6.10. The van der Waals surface area contributed by atoms with Crippen LogP contribution >= 0.6 is 0 Å². The van der Waals surface area contributed by atoms with Crippen LogP contribution < -0.4 is 15.4 Å². The topological polar surface area (TPSA) is 50.4 Å². The van der Waals surface area contributed by atoms with Gasteiger partial charge in [-0.05, 0) is 54.7 Å². The quantitative estimate of drug-likeness (QED) is 0.548. The molecule has 0 radical (unpaired) electrons. The Morgan fingerprint density at radius 3 is 2.29 bits per heavy atom. The van der Waals surface area contributed by atoms with Crippen LogP contribution in [0.5, 0.6) is 5.75 Å². The largest absolute Gasteiger partial charge is 0.494 e. The van der Waals surface area contributed by atoms with Crippen molar-refractivity contribution in [3.8, 4) is 5.75 Å². The number of fused-ring (bicyclic) bond motifs is 1. The van der Waals surface area contributed by atoms with Crippen molar-refractivity contribution < 1.29 is 9.53 Å². The fourth-order valence-electron chi connectivity index (χ4n) is 4.63. The lowest BCUT2D eigenvalue weighted by atomic mass is 9.78. The van der Waals surface area contributed by atoms with E-state index in [4.69, 9.17) is 4.74 Å². The van der Waals surface area contributed by atoms with Crippen LogP contribution in [-0.4, -0.2) is 12.4 Å². The zero-order valence-electron chi connectivity index (χ0n) is 17.6. The third-order valence-electron chi connectivity index (χ3n) is 6.10. The van der Waals surface area contributed by atoms with Crippen molar-refractivity contribution in [1.29, 1.82) is 0 Å². The molecule has 2 N–H and O–H groups in total. The molecule has 3 aromatic carbocycles. The molecule has 2 aliphatic rings. The molecule has 1 aliphatic carbocycles. The van der Waals surface area contributed by atoms with Crippen LogP contribution in [0.1, 0.15) is 42.9 Å². The summed E-state index contributed by atoms with van der Waals surface area (Å²) < 4.78 is 5.61. The average Bonchev–Trinajstić information content (AvgIpc) is 2.97. The van der Waals surface area contributed by atoms with Crippen molar-refractivity contribution in [2.45, 2.75) is 31.7 Å². The van der Waals surface area contributed by atoms with Crippen LogP contribution in [0.4, 0.5) is 11.4 Å². The van der Waals surface area contributed by atoms with Gasteiger partial charge in [0.05, 0.1) is 24.0 Å². The molecule has 0 amide bonds. The molecule has 1 heterocycles. The van der Waals surface area contributed by atoms with E-state index in [1.807, 2.05) is 49.4 Å². The van der Waals surface area contributed by atoms with Gasteiger partial charge in [0.1, 0.15) is 5.75 Å². The van der Waals surface area contributed by atoms with Gasteiger partial charge in [-0.15, -0.1) is 0 Å². The van der Waals surface area contributed by atoms with Gasteiger partial charge in [0.2, 0.25) is 0 Å². The first kappa shape index (κ1) is 19.4. The number of ketones is 1. The number of ether oxygens (including phenoxy) is 1. The Kier molecular flexibility index (Phi) is 5.21. The van der Waals surface area contributed by atoms with Gasteiger partial charge in [-0.2, -0.15) is 0 Å². The second kappa shape index (κ2) is 8.31. The van der Waals surface area contributed by atoms with Crippen LogP contribution in [-0.2, 0) is 4.79 Å². The highest BCUT2D eigenvalue weighted by molar-refractivity contribution is 6.01. The Morgan fingerprint density at radius 1 is 0.839 bits per heavy atom. The number of hydrogen-bond acceptors (Lipinski definition) is 4. The van der Waals surface area contributed by atoms with Crippen LogP contribution in [0.25, 0.3) is 0 Å². The number of anilines is 2. The molecule has 0 unspecified atom stereocenters. The highest BCUT2D eigenvalue weighted by Gasteiger charge is 2.35. The van der Waals surface area contributed by atoms with E-state index in [2.05, 4.69) is 47.0 Å². The Bertz CT molecular complexity index is 1120. The van der Waals surface area contributed by atoms with E-state index in [9.17, 15) is 4.79 Å². The number of carbonyl (C=O) groups is 1. The standard InChI is InChI=1S/C27H26N2O2/c1-2-31-21-14-12-19(13-15-21)27-26-24(28-22-10-6-7-11-23(22)29-27)16-20(17-25(26)30)18-8-4-3-5-9-18/h3-15,20,27-29H,2,16-17H2,1H3/t20-,27+/m0/s1. The molecular weight excluding hydrogens is 384 g/mol. The molecule has 0 aromatic heterocycles.